The van der Waals surface area contributed by atoms with Crippen LogP contribution in [0.3, 0.4) is 0 Å². The van der Waals surface area contributed by atoms with Crippen LogP contribution in [0.2, 0.25) is 0 Å². The fourth-order valence-electron chi connectivity index (χ4n) is 1.61. The quantitative estimate of drug-likeness (QED) is 0.829. The third kappa shape index (κ3) is 2.07. The van der Waals surface area contributed by atoms with Crippen LogP contribution in [0.25, 0.3) is 0 Å². The Morgan fingerprint density at radius 1 is 1.40 bits per heavy atom. The molecule has 0 radical (unpaired) electrons. The van der Waals surface area contributed by atoms with E-state index in [0.29, 0.717) is 0 Å². The van der Waals surface area contributed by atoms with Crippen LogP contribution in [0.15, 0.2) is 41.1 Å². The molecule has 0 amide bonds. The molecule has 0 aliphatic heterocycles. The summed E-state index contributed by atoms with van der Waals surface area (Å²) in [5, 5.41) is 3.19. The molecule has 3 nitrogen and oxygen atoms in total. The summed E-state index contributed by atoms with van der Waals surface area (Å²) in [5.41, 5.74) is 2.18. The minimum absolute atomic E-state index is 0.0277. The first-order valence-electron chi connectivity index (χ1n) is 4.94. The highest BCUT2D eigenvalue weighted by Crippen LogP contribution is 2.20. The van der Waals surface area contributed by atoms with Crippen molar-refractivity contribution in [3.8, 4) is 0 Å². The van der Waals surface area contributed by atoms with Crippen LogP contribution in [0.5, 0.6) is 0 Å². The van der Waals surface area contributed by atoms with Crippen LogP contribution in [-0.2, 0) is 0 Å². The molecule has 0 bridgehead atoms. The second kappa shape index (κ2) is 4.28. The zero-order valence-corrected chi connectivity index (χ0v) is 8.90. The topological polar surface area (TPSA) is 38.1 Å². The number of hydrogen-bond donors (Lipinski definition) is 1. The number of aryl methyl sites for hydroxylation is 1. The van der Waals surface area contributed by atoms with Crippen LogP contribution < -0.4 is 5.32 Å². The van der Waals surface area contributed by atoms with Gasteiger partial charge in [0, 0.05) is 6.20 Å². The lowest BCUT2D eigenvalue weighted by atomic mass is 10.1. The fourth-order valence-corrected chi connectivity index (χ4v) is 1.61. The van der Waals surface area contributed by atoms with E-state index >= 15 is 0 Å². The summed E-state index contributed by atoms with van der Waals surface area (Å²) in [6, 6.07) is 7.91. The fraction of sp³-hybridized carbons (Fsp3) is 0.250. The van der Waals surface area contributed by atoms with Crippen molar-refractivity contribution in [1.29, 1.82) is 0 Å². The molecule has 1 N–H and O–H groups in total. The minimum atomic E-state index is 0.0277. The maximum absolute atomic E-state index is 5.38. The lowest BCUT2D eigenvalue weighted by molar-refractivity contribution is 0.458. The molecule has 0 aliphatic rings. The highest BCUT2D eigenvalue weighted by Gasteiger charge is 2.15. The van der Waals surface area contributed by atoms with E-state index in [1.54, 1.807) is 6.26 Å². The van der Waals surface area contributed by atoms with Gasteiger partial charge in [-0.2, -0.15) is 0 Å². The maximum atomic E-state index is 5.38. The minimum Gasteiger partial charge on any atom is -0.467 e. The van der Waals surface area contributed by atoms with Gasteiger partial charge in [0.2, 0.25) is 0 Å². The number of hydrogen-bond acceptors (Lipinski definition) is 3. The molecule has 3 heteroatoms. The molecule has 0 saturated carbocycles. The number of nitrogens with one attached hydrogen (secondary N) is 1. The van der Waals surface area contributed by atoms with Gasteiger partial charge in [0.15, 0.2) is 0 Å². The van der Waals surface area contributed by atoms with Gasteiger partial charge >= 0.3 is 0 Å². The second-order valence-corrected chi connectivity index (χ2v) is 3.50. The van der Waals surface area contributed by atoms with Crippen molar-refractivity contribution in [2.24, 2.45) is 0 Å². The average Bonchev–Trinajstić information content (AvgIpc) is 2.72. The highest BCUT2D eigenvalue weighted by atomic mass is 16.3. The molecule has 78 valence electrons. The average molecular weight is 202 g/mol. The lowest BCUT2D eigenvalue weighted by Gasteiger charge is -2.13. The van der Waals surface area contributed by atoms with Crippen molar-refractivity contribution in [2.75, 3.05) is 7.05 Å². The molecule has 0 saturated heterocycles. The van der Waals surface area contributed by atoms with Crippen LogP contribution >= 0.6 is 0 Å². The van der Waals surface area contributed by atoms with Crippen molar-refractivity contribution in [3.05, 3.63) is 53.7 Å². The summed E-state index contributed by atoms with van der Waals surface area (Å²) in [6.07, 6.45) is 3.49. The third-order valence-electron chi connectivity index (χ3n) is 2.35. The smallest absolute Gasteiger partial charge is 0.126 e. The number of furan rings is 1. The van der Waals surface area contributed by atoms with Gasteiger partial charge in [0.25, 0.3) is 0 Å². The van der Waals surface area contributed by atoms with Crippen molar-refractivity contribution in [1.82, 2.24) is 10.3 Å². The van der Waals surface area contributed by atoms with Gasteiger partial charge in [-0.05, 0) is 43.8 Å². The summed E-state index contributed by atoms with van der Waals surface area (Å²) in [7, 11) is 1.90. The van der Waals surface area contributed by atoms with E-state index in [0.717, 1.165) is 11.5 Å². The highest BCUT2D eigenvalue weighted by molar-refractivity contribution is 5.23. The lowest BCUT2D eigenvalue weighted by Crippen LogP contribution is -2.18. The normalized spacial score (nSPS) is 12.7. The van der Waals surface area contributed by atoms with Gasteiger partial charge in [-0.15, -0.1) is 0 Å². The van der Waals surface area contributed by atoms with Crippen molar-refractivity contribution < 1.29 is 4.42 Å². The van der Waals surface area contributed by atoms with E-state index in [1.807, 2.05) is 31.4 Å². The van der Waals surface area contributed by atoms with Crippen LogP contribution in [0.1, 0.15) is 23.1 Å². The summed E-state index contributed by atoms with van der Waals surface area (Å²) < 4.78 is 5.38. The molecule has 0 aromatic carbocycles. The van der Waals surface area contributed by atoms with Crippen LogP contribution in [0, 0.1) is 6.92 Å². The Balaban J connectivity index is 2.35. The van der Waals surface area contributed by atoms with Crippen molar-refractivity contribution >= 4 is 0 Å². The second-order valence-electron chi connectivity index (χ2n) is 3.50. The molecule has 15 heavy (non-hydrogen) atoms. The Morgan fingerprint density at radius 3 is 2.87 bits per heavy atom. The zero-order valence-electron chi connectivity index (χ0n) is 8.90. The molecule has 1 unspecified atom stereocenters. The summed E-state index contributed by atoms with van der Waals surface area (Å²) in [4.78, 5) is 4.34. The first-order chi connectivity index (χ1) is 7.31. The number of rotatable bonds is 3. The summed E-state index contributed by atoms with van der Waals surface area (Å²) >= 11 is 0. The molecular weight excluding hydrogens is 188 g/mol. The van der Waals surface area contributed by atoms with E-state index < -0.39 is 0 Å². The van der Waals surface area contributed by atoms with Crippen molar-refractivity contribution in [3.63, 3.8) is 0 Å². The molecule has 0 spiro atoms. The molecule has 1 atom stereocenters. The first kappa shape index (κ1) is 9.93. The van der Waals surface area contributed by atoms with E-state index in [-0.39, 0.29) is 6.04 Å². The monoisotopic (exact) mass is 202 g/mol. The van der Waals surface area contributed by atoms with Gasteiger partial charge in [0.1, 0.15) is 11.8 Å². The molecule has 0 aliphatic carbocycles. The Bertz CT molecular complexity index is 423. The Labute approximate surface area is 89.1 Å². The van der Waals surface area contributed by atoms with Gasteiger partial charge in [-0.25, -0.2) is 0 Å². The van der Waals surface area contributed by atoms with E-state index in [2.05, 4.69) is 23.3 Å². The number of pyridine rings is 1. The summed E-state index contributed by atoms with van der Waals surface area (Å²) in [6.45, 7) is 2.06. The summed E-state index contributed by atoms with van der Waals surface area (Å²) in [5.74, 6) is 0.885. The Morgan fingerprint density at radius 2 is 2.27 bits per heavy atom. The van der Waals surface area contributed by atoms with Gasteiger partial charge in [-0.3, -0.25) is 4.98 Å². The Kier molecular flexibility index (Phi) is 2.83. The van der Waals surface area contributed by atoms with Crippen LogP contribution in [0.4, 0.5) is 0 Å². The molecule has 2 rings (SSSR count). The molecule has 2 heterocycles. The van der Waals surface area contributed by atoms with Gasteiger partial charge < -0.3 is 9.73 Å². The standard InChI is InChI=1S/C12H14N2O/c1-9-5-6-14-10(8-9)12(13-2)11-4-3-7-15-11/h3-8,12-13H,1-2H3. The SMILES string of the molecule is CNC(c1cc(C)ccn1)c1ccco1. The molecular formula is C12H14N2O. The van der Waals surface area contributed by atoms with Gasteiger partial charge in [0.05, 0.1) is 12.0 Å². The number of nitrogens with zero attached hydrogens (tertiary/aromatic N) is 1. The van der Waals surface area contributed by atoms with Crippen molar-refractivity contribution in [2.45, 2.75) is 13.0 Å². The van der Waals surface area contributed by atoms with E-state index in [4.69, 9.17) is 4.42 Å². The largest absolute Gasteiger partial charge is 0.467 e. The Hall–Kier alpha value is -1.61. The predicted octanol–water partition coefficient (Wildman–Crippen LogP) is 2.29. The third-order valence-corrected chi connectivity index (χ3v) is 2.35. The first-order valence-corrected chi connectivity index (χ1v) is 4.94. The van der Waals surface area contributed by atoms with Crippen LogP contribution in [-0.4, -0.2) is 12.0 Å². The van der Waals surface area contributed by atoms with E-state index in [9.17, 15) is 0 Å². The molecule has 2 aromatic heterocycles. The predicted molar refractivity (Wildman–Crippen MR) is 58.6 cm³/mol. The maximum Gasteiger partial charge on any atom is 0.126 e. The zero-order chi connectivity index (χ0) is 10.7. The number of aromatic nitrogens is 1. The van der Waals surface area contributed by atoms with Gasteiger partial charge in [-0.1, -0.05) is 0 Å². The molecule has 2 aromatic rings. The van der Waals surface area contributed by atoms with E-state index in [1.165, 1.54) is 5.56 Å². The molecule has 0 fully saturated rings.